The molecule has 0 aliphatic rings. The van der Waals surface area contributed by atoms with Crippen molar-refractivity contribution in [3.05, 3.63) is 95.7 Å². The summed E-state index contributed by atoms with van der Waals surface area (Å²) in [5.41, 5.74) is 6.05. The number of nitrogens with zero attached hydrogens (tertiary/aromatic N) is 1. The normalized spacial score (nSPS) is 11.4. The summed E-state index contributed by atoms with van der Waals surface area (Å²) in [6.45, 7) is 9.15. The number of benzene rings is 2. The van der Waals surface area contributed by atoms with Gasteiger partial charge in [-0.15, -0.1) is 9.24 Å². The Morgan fingerprint density at radius 3 is 2.19 bits per heavy atom. The van der Waals surface area contributed by atoms with E-state index in [1.807, 2.05) is 6.08 Å². The number of rotatable bonds is 9. The summed E-state index contributed by atoms with van der Waals surface area (Å²) in [7, 11) is 4.68. The van der Waals surface area contributed by atoms with Crippen LogP contribution in [0.15, 0.2) is 78.5 Å². The zero-order chi connectivity index (χ0) is 23.3. The molecule has 3 aromatic rings. The van der Waals surface area contributed by atoms with Gasteiger partial charge in [0, 0.05) is 19.4 Å². The molecular formula is C26H33FN3PS. The molecule has 0 aliphatic carbocycles. The molecule has 0 saturated heterocycles. The standard InChI is InChI=1S/C20H26NP.C6H7FN2S/c1-4-16-5-7-18(8-6-16)14-21-20(22)19-11-9-17(10-12-19)13-15(2)3;1-8-5-2-3-6(10-7)9-4-5/h4-12,15,20-21H,1,13-14,22H2,2-3H3;2-4,8H,1H3. The lowest BCUT2D eigenvalue weighted by Gasteiger charge is -2.15. The van der Waals surface area contributed by atoms with E-state index in [0.29, 0.717) is 10.9 Å². The van der Waals surface area contributed by atoms with E-state index in [2.05, 4.69) is 93.8 Å². The highest BCUT2D eigenvalue weighted by Crippen LogP contribution is 2.22. The van der Waals surface area contributed by atoms with Crippen LogP contribution in [0.25, 0.3) is 6.08 Å². The molecule has 0 amide bonds. The number of nitrogens with one attached hydrogen (secondary N) is 2. The van der Waals surface area contributed by atoms with Crippen molar-refractivity contribution >= 4 is 33.2 Å². The quantitative estimate of drug-likeness (QED) is 0.323. The molecule has 2 aromatic carbocycles. The number of pyridine rings is 1. The smallest absolute Gasteiger partial charge is 0.129 e. The van der Waals surface area contributed by atoms with E-state index >= 15 is 0 Å². The van der Waals surface area contributed by atoms with Crippen LogP contribution in [0.1, 0.15) is 41.9 Å². The van der Waals surface area contributed by atoms with Crippen LogP contribution < -0.4 is 10.6 Å². The van der Waals surface area contributed by atoms with Gasteiger partial charge in [0.2, 0.25) is 0 Å². The second-order valence-corrected chi connectivity index (χ2v) is 9.10. The summed E-state index contributed by atoms with van der Waals surface area (Å²) in [6, 6.07) is 20.8. The molecule has 6 heteroatoms. The minimum atomic E-state index is 0.149. The van der Waals surface area contributed by atoms with Gasteiger partial charge in [0.25, 0.3) is 0 Å². The molecule has 2 unspecified atom stereocenters. The SMILES string of the molecule is C=Cc1ccc(CNC(P)c2ccc(CC(C)C)cc2)cc1.CNc1ccc(SF)nc1. The summed E-state index contributed by atoms with van der Waals surface area (Å²) < 4.78 is 11.8. The first-order chi connectivity index (χ1) is 15.4. The zero-order valence-corrected chi connectivity index (χ0v) is 21.0. The van der Waals surface area contributed by atoms with Crippen LogP contribution in [-0.4, -0.2) is 12.0 Å². The first kappa shape index (κ1) is 26.1. The summed E-state index contributed by atoms with van der Waals surface area (Å²) >= 11 is 0.149. The third-order valence-electron chi connectivity index (χ3n) is 4.83. The van der Waals surface area contributed by atoms with E-state index in [0.717, 1.165) is 24.2 Å². The van der Waals surface area contributed by atoms with Crippen LogP contribution in [0.5, 0.6) is 0 Å². The summed E-state index contributed by atoms with van der Waals surface area (Å²) in [5.74, 6) is 0.974. The Kier molecular flexibility index (Phi) is 11.4. The van der Waals surface area contributed by atoms with Crippen LogP contribution in [0.4, 0.5) is 9.57 Å². The molecule has 0 spiro atoms. The monoisotopic (exact) mass is 469 g/mol. The van der Waals surface area contributed by atoms with Crippen LogP contribution in [0.3, 0.4) is 0 Å². The Bertz CT molecular complexity index is 906. The van der Waals surface area contributed by atoms with Crippen molar-refractivity contribution < 1.29 is 3.89 Å². The first-order valence-corrected chi connectivity index (χ1v) is 12.0. The molecule has 1 heterocycles. The number of anilines is 1. The average molecular weight is 470 g/mol. The van der Waals surface area contributed by atoms with Crippen molar-refractivity contribution in [1.82, 2.24) is 10.3 Å². The van der Waals surface area contributed by atoms with Crippen LogP contribution in [0.2, 0.25) is 0 Å². The van der Waals surface area contributed by atoms with Gasteiger partial charge >= 0.3 is 0 Å². The molecule has 0 radical (unpaired) electrons. The highest BCUT2D eigenvalue weighted by molar-refractivity contribution is 7.94. The third-order valence-corrected chi connectivity index (χ3v) is 5.85. The van der Waals surface area contributed by atoms with Crippen molar-refractivity contribution in [3.8, 4) is 0 Å². The van der Waals surface area contributed by atoms with Gasteiger partial charge in [-0.25, -0.2) is 4.98 Å². The maximum absolute atomic E-state index is 11.8. The van der Waals surface area contributed by atoms with Crippen LogP contribution in [-0.2, 0) is 13.0 Å². The van der Waals surface area contributed by atoms with E-state index in [1.165, 1.54) is 16.7 Å². The molecule has 170 valence electrons. The van der Waals surface area contributed by atoms with Gasteiger partial charge < -0.3 is 10.6 Å². The molecule has 0 bridgehead atoms. The second-order valence-electron chi connectivity index (χ2n) is 7.86. The van der Waals surface area contributed by atoms with E-state index in [4.69, 9.17) is 0 Å². The Balaban J connectivity index is 0.000000303. The van der Waals surface area contributed by atoms with Crippen LogP contribution >= 0.6 is 21.4 Å². The highest BCUT2D eigenvalue weighted by atomic mass is 32.2. The predicted molar refractivity (Wildman–Crippen MR) is 142 cm³/mol. The largest absolute Gasteiger partial charge is 0.387 e. The van der Waals surface area contributed by atoms with Crippen molar-refractivity contribution in [2.45, 2.75) is 37.6 Å². The molecule has 3 rings (SSSR count). The fourth-order valence-corrected chi connectivity index (χ4v) is 3.58. The highest BCUT2D eigenvalue weighted by Gasteiger charge is 2.06. The van der Waals surface area contributed by atoms with Gasteiger partial charge in [0.05, 0.1) is 11.9 Å². The lowest BCUT2D eigenvalue weighted by atomic mass is 10.0. The van der Waals surface area contributed by atoms with E-state index in [9.17, 15) is 3.89 Å². The van der Waals surface area contributed by atoms with Crippen molar-refractivity contribution in [2.75, 3.05) is 12.4 Å². The molecule has 2 N–H and O–H groups in total. The van der Waals surface area contributed by atoms with Gasteiger partial charge in [-0.2, -0.15) is 3.89 Å². The first-order valence-electron chi connectivity index (χ1n) is 10.7. The lowest BCUT2D eigenvalue weighted by molar-refractivity contribution is 0.645. The van der Waals surface area contributed by atoms with Gasteiger partial charge in [-0.05, 0) is 46.7 Å². The fraction of sp³-hybridized carbons (Fsp3) is 0.269. The number of hydrogen-bond acceptors (Lipinski definition) is 4. The summed E-state index contributed by atoms with van der Waals surface area (Å²) in [4.78, 5) is 3.79. The average Bonchev–Trinajstić information content (AvgIpc) is 2.83. The van der Waals surface area contributed by atoms with Gasteiger partial charge in [0.1, 0.15) is 17.2 Å². The van der Waals surface area contributed by atoms with E-state index in [-0.39, 0.29) is 17.9 Å². The Morgan fingerprint density at radius 2 is 1.69 bits per heavy atom. The van der Waals surface area contributed by atoms with Crippen molar-refractivity contribution in [1.29, 1.82) is 0 Å². The molecule has 0 saturated carbocycles. The third kappa shape index (κ3) is 9.12. The molecule has 0 fully saturated rings. The molecule has 3 nitrogen and oxygen atoms in total. The number of aromatic nitrogens is 1. The topological polar surface area (TPSA) is 37.0 Å². The second kappa shape index (κ2) is 14.1. The van der Waals surface area contributed by atoms with Gasteiger partial charge in [-0.3, -0.25) is 0 Å². The van der Waals surface area contributed by atoms with Crippen LogP contribution in [0, 0.1) is 5.92 Å². The maximum atomic E-state index is 11.8. The molecule has 0 aliphatic heterocycles. The fourth-order valence-electron chi connectivity index (χ4n) is 3.02. The molecular weight excluding hydrogens is 436 g/mol. The molecule has 1 aromatic heterocycles. The van der Waals surface area contributed by atoms with Gasteiger partial charge in [0.15, 0.2) is 0 Å². The lowest BCUT2D eigenvalue weighted by Crippen LogP contribution is -2.15. The number of hydrogen-bond donors (Lipinski definition) is 2. The summed E-state index contributed by atoms with van der Waals surface area (Å²) in [5, 5.41) is 6.82. The Hall–Kier alpha value is -2.20. The molecule has 32 heavy (non-hydrogen) atoms. The minimum Gasteiger partial charge on any atom is -0.387 e. The summed E-state index contributed by atoms with van der Waals surface area (Å²) in [6.07, 6.45) is 4.60. The minimum absolute atomic E-state index is 0.149. The number of halogens is 1. The molecule has 2 atom stereocenters. The van der Waals surface area contributed by atoms with Gasteiger partial charge in [-0.1, -0.05) is 75.0 Å². The van der Waals surface area contributed by atoms with E-state index < -0.39 is 0 Å². The van der Waals surface area contributed by atoms with Crippen molar-refractivity contribution in [2.24, 2.45) is 5.92 Å². The predicted octanol–water partition coefficient (Wildman–Crippen LogP) is 7.29. The van der Waals surface area contributed by atoms with E-state index in [1.54, 1.807) is 25.4 Å². The Labute approximate surface area is 198 Å². The Morgan fingerprint density at radius 1 is 1.03 bits per heavy atom. The maximum Gasteiger partial charge on any atom is 0.129 e. The zero-order valence-electron chi connectivity index (χ0n) is 19.0. The van der Waals surface area contributed by atoms with Crippen molar-refractivity contribution in [3.63, 3.8) is 0 Å².